The summed E-state index contributed by atoms with van der Waals surface area (Å²) in [5.41, 5.74) is 6.74. The van der Waals surface area contributed by atoms with Gasteiger partial charge in [-0.3, -0.25) is 5.32 Å². The lowest BCUT2D eigenvalue weighted by molar-refractivity contribution is 0.0527. The van der Waals surface area contributed by atoms with Crippen LogP contribution in [0.3, 0.4) is 0 Å². The Bertz CT molecular complexity index is 1560. The highest BCUT2D eigenvalue weighted by Gasteiger charge is 2.25. The van der Waals surface area contributed by atoms with Crippen LogP contribution in [0.25, 0.3) is 16.1 Å². The minimum Gasteiger partial charge on any atom is -0.495 e. The number of rotatable bonds is 7. The van der Waals surface area contributed by atoms with Crippen LogP contribution in [0.1, 0.15) is 34.1 Å². The van der Waals surface area contributed by atoms with E-state index in [4.69, 9.17) is 9.47 Å². The molecule has 5 rings (SSSR count). The maximum absolute atomic E-state index is 13.0. The van der Waals surface area contributed by atoms with E-state index in [-0.39, 0.29) is 6.61 Å². The first kappa shape index (κ1) is 26.3. The van der Waals surface area contributed by atoms with E-state index in [1.165, 1.54) is 22.6 Å². The number of nitrogens with one attached hydrogen (secondary N) is 2. The topological polar surface area (TPSA) is 97.7 Å². The Morgan fingerprint density at radius 2 is 1.90 bits per heavy atom. The average molecular weight is 546 g/mol. The van der Waals surface area contributed by atoms with Crippen molar-refractivity contribution in [1.29, 1.82) is 0 Å². The third kappa shape index (κ3) is 5.20. The molecule has 0 radical (unpaired) electrons. The molecule has 0 saturated heterocycles. The lowest BCUT2D eigenvalue weighted by atomic mass is 10.1. The van der Waals surface area contributed by atoms with E-state index in [2.05, 4.69) is 27.6 Å². The first-order chi connectivity index (χ1) is 18.8. The number of esters is 1. The predicted molar refractivity (Wildman–Crippen MR) is 155 cm³/mol. The van der Waals surface area contributed by atoms with Gasteiger partial charge in [0.2, 0.25) is 0 Å². The number of thiophene rings is 1. The van der Waals surface area contributed by atoms with Gasteiger partial charge in [0.05, 0.1) is 37.0 Å². The summed E-state index contributed by atoms with van der Waals surface area (Å²) < 4.78 is 12.9. The second-order valence-electron chi connectivity index (χ2n) is 9.38. The molecule has 1 aliphatic heterocycles. The van der Waals surface area contributed by atoms with Crippen molar-refractivity contribution in [2.75, 3.05) is 42.8 Å². The molecule has 10 heteroatoms. The number of methoxy groups -OCH3 is 1. The van der Waals surface area contributed by atoms with Gasteiger partial charge in [-0.05, 0) is 74.2 Å². The first-order valence-electron chi connectivity index (χ1n) is 12.7. The van der Waals surface area contributed by atoms with Crippen molar-refractivity contribution < 1.29 is 19.1 Å². The van der Waals surface area contributed by atoms with Gasteiger partial charge in [0, 0.05) is 36.0 Å². The van der Waals surface area contributed by atoms with E-state index < -0.39 is 12.0 Å². The van der Waals surface area contributed by atoms with Gasteiger partial charge >= 0.3 is 12.0 Å². The van der Waals surface area contributed by atoms with Gasteiger partial charge in [-0.2, -0.15) is 0 Å². The molecular formula is C29H31N5O4S. The van der Waals surface area contributed by atoms with Gasteiger partial charge in [0.15, 0.2) is 0 Å². The Balaban J connectivity index is 1.45. The van der Waals surface area contributed by atoms with E-state index in [1.54, 1.807) is 20.4 Å². The van der Waals surface area contributed by atoms with Gasteiger partial charge in [0.1, 0.15) is 10.8 Å². The molecule has 1 aliphatic rings. The van der Waals surface area contributed by atoms with E-state index >= 15 is 0 Å². The van der Waals surface area contributed by atoms with Crippen LogP contribution in [0.4, 0.5) is 21.2 Å². The number of anilines is 3. The molecule has 2 amide bonds. The quantitative estimate of drug-likeness (QED) is 0.275. The number of fused-ring (bicyclic) bond motifs is 1. The van der Waals surface area contributed by atoms with Gasteiger partial charge in [0.25, 0.3) is 0 Å². The second kappa shape index (κ2) is 10.8. The number of carbonyl (C=O) groups is 2. The number of carbonyl (C=O) groups excluding carboxylic acids is 2. The number of imidazole rings is 1. The number of aromatic nitrogens is 2. The first-order valence-corrected chi connectivity index (χ1v) is 13.5. The zero-order valence-corrected chi connectivity index (χ0v) is 23.4. The minimum absolute atomic E-state index is 0.228. The van der Waals surface area contributed by atoms with E-state index in [9.17, 15) is 9.59 Å². The number of benzene rings is 2. The molecule has 3 heterocycles. The summed E-state index contributed by atoms with van der Waals surface area (Å²) in [5.74, 6) is 0.177. The Morgan fingerprint density at radius 3 is 2.62 bits per heavy atom. The fourth-order valence-electron chi connectivity index (χ4n) is 4.82. The number of nitrogens with zero attached hydrogens (tertiary/aromatic N) is 3. The number of likely N-dealkylation sites (N-methyl/N-ethyl adjacent to an activating group) is 1. The average Bonchev–Trinajstić information content (AvgIpc) is 3.60. The van der Waals surface area contributed by atoms with Crippen molar-refractivity contribution in [2.24, 2.45) is 0 Å². The molecule has 0 unspecified atom stereocenters. The molecule has 2 N–H and O–H groups in total. The van der Waals surface area contributed by atoms with Crippen LogP contribution in [0, 0.1) is 13.8 Å². The van der Waals surface area contributed by atoms with Crippen LogP contribution < -0.4 is 20.3 Å². The molecule has 39 heavy (non-hydrogen) atoms. The minimum atomic E-state index is -0.481. The molecule has 0 fully saturated rings. The summed E-state index contributed by atoms with van der Waals surface area (Å²) >= 11 is 1.32. The fourth-order valence-corrected chi connectivity index (χ4v) is 6.01. The number of hydrogen-bond acceptors (Lipinski definition) is 7. The maximum Gasteiger partial charge on any atom is 0.341 e. The third-order valence-corrected chi connectivity index (χ3v) is 8.01. The number of hydrogen-bond donors (Lipinski definition) is 2. The molecule has 9 nitrogen and oxygen atoms in total. The molecule has 0 aliphatic carbocycles. The molecule has 0 saturated carbocycles. The normalized spacial score (nSPS) is 12.3. The van der Waals surface area contributed by atoms with Crippen molar-refractivity contribution in [2.45, 2.75) is 27.2 Å². The van der Waals surface area contributed by atoms with Crippen molar-refractivity contribution >= 4 is 39.7 Å². The van der Waals surface area contributed by atoms with Crippen LogP contribution >= 0.6 is 11.3 Å². The molecular weight excluding hydrogens is 514 g/mol. The van der Waals surface area contributed by atoms with Crippen LogP contribution in [-0.2, 0) is 11.2 Å². The molecule has 0 bridgehead atoms. The Labute approximate surface area is 231 Å². The monoisotopic (exact) mass is 545 g/mol. The van der Waals surface area contributed by atoms with E-state index in [1.807, 2.05) is 61.0 Å². The Hall–Kier alpha value is -4.31. The summed E-state index contributed by atoms with van der Waals surface area (Å²) in [6, 6.07) is 11.3. The van der Waals surface area contributed by atoms with E-state index in [0.29, 0.717) is 22.0 Å². The number of ether oxygens (including phenoxy) is 2. The van der Waals surface area contributed by atoms with Gasteiger partial charge in [-0.25, -0.2) is 14.6 Å². The molecule has 2 aromatic heterocycles. The van der Waals surface area contributed by atoms with Gasteiger partial charge in [-0.1, -0.05) is 6.07 Å². The number of urea groups is 1. The van der Waals surface area contributed by atoms with Crippen LogP contribution in [0.5, 0.6) is 5.75 Å². The largest absolute Gasteiger partial charge is 0.495 e. The zero-order valence-electron chi connectivity index (χ0n) is 22.6. The highest BCUT2D eigenvalue weighted by molar-refractivity contribution is 7.20. The zero-order chi connectivity index (χ0) is 27.7. The summed E-state index contributed by atoms with van der Waals surface area (Å²) in [7, 11) is 3.67. The van der Waals surface area contributed by atoms with Gasteiger partial charge in [-0.15, -0.1) is 11.3 Å². The highest BCUT2D eigenvalue weighted by atomic mass is 32.1. The molecule has 0 atom stereocenters. The van der Waals surface area contributed by atoms with Crippen LogP contribution in [0.2, 0.25) is 0 Å². The van der Waals surface area contributed by atoms with E-state index in [0.717, 1.165) is 40.4 Å². The smallest absolute Gasteiger partial charge is 0.341 e. The van der Waals surface area contributed by atoms with Crippen molar-refractivity contribution in [1.82, 2.24) is 9.55 Å². The summed E-state index contributed by atoms with van der Waals surface area (Å²) in [4.78, 5) is 33.3. The second-order valence-corrected chi connectivity index (χ2v) is 10.4. The number of amides is 2. The molecule has 4 aromatic rings. The predicted octanol–water partition coefficient (Wildman–Crippen LogP) is 6.04. The summed E-state index contributed by atoms with van der Waals surface area (Å²) in [6.45, 7) is 6.73. The number of aryl methyl sites for hydroxylation is 1. The molecule has 0 spiro atoms. The fraction of sp³-hybridized carbons (Fsp3) is 0.276. The van der Waals surface area contributed by atoms with Crippen LogP contribution in [-0.4, -0.2) is 48.9 Å². The molecule has 202 valence electrons. The van der Waals surface area contributed by atoms with Crippen molar-refractivity contribution in [3.63, 3.8) is 0 Å². The lowest BCUT2D eigenvalue weighted by Gasteiger charge is -2.13. The maximum atomic E-state index is 13.0. The highest BCUT2D eigenvalue weighted by Crippen LogP contribution is 2.42. The standard InChI is InChI=1S/C29H31N5O4S/c1-6-38-28(35)25-18(3)26(20-7-9-23(24(14-20)37-5)34-15-17(2)30-16-34)39-27(25)32-29(36)31-21-8-10-22-19(13-21)11-12-33(22)4/h7-10,13-16H,6,11-12H2,1-5H3,(H2,31,32,36). The summed E-state index contributed by atoms with van der Waals surface area (Å²) in [5, 5.41) is 6.22. The lowest BCUT2D eigenvalue weighted by Crippen LogP contribution is -2.20. The SMILES string of the molecule is CCOC(=O)c1c(NC(=O)Nc2ccc3c(c2)CCN3C)sc(-c2ccc(-n3cnc(C)c3)c(OC)c2)c1C. The van der Waals surface area contributed by atoms with Crippen molar-refractivity contribution in [3.8, 4) is 21.9 Å². The van der Waals surface area contributed by atoms with Crippen LogP contribution in [0.15, 0.2) is 48.9 Å². The summed E-state index contributed by atoms with van der Waals surface area (Å²) in [6.07, 6.45) is 4.60. The Kier molecular flexibility index (Phi) is 7.30. The van der Waals surface area contributed by atoms with Crippen molar-refractivity contribution in [3.05, 3.63) is 71.3 Å². The third-order valence-electron chi connectivity index (χ3n) is 6.75. The Morgan fingerprint density at radius 1 is 1.10 bits per heavy atom. The molecule has 2 aromatic carbocycles. The van der Waals surface area contributed by atoms with Gasteiger partial charge < -0.3 is 24.3 Å².